The maximum absolute atomic E-state index is 12.5. The van der Waals surface area contributed by atoms with Crippen molar-refractivity contribution in [3.63, 3.8) is 0 Å². The second-order valence-corrected chi connectivity index (χ2v) is 7.98. The van der Waals surface area contributed by atoms with Gasteiger partial charge in [-0.2, -0.15) is 0 Å². The van der Waals surface area contributed by atoms with E-state index in [-0.39, 0.29) is 17.0 Å². The highest BCUT2D eigenvalue weighted by Gasteiger charge is 2.39. The third-order valence-corrected chi connectivity index (χ3v) is 5.78. The molecule has 2 saturated carbocycles. The summed E-state index contributed by atoms with van der Waals surface area (Å²) in [6.07, 6.45) is 6.16. The average Bonchev–Trinajstić information content (AvgIpc) is 3.13. The molecule has 1 aromatic carbocycles. The van der Waals surface area contributed by atoms with Crippen molar-refractivity contribution in [2.75, 3.05) is 0 Å². The standard InChI is InChI=1S/C16H22N2O3S/c1-12-6-10-15(11-7-12)22(20,21)17-16(19)18(14-8-9-14)13-4-2-3-5-13/h6-7,10-11,13-14H,2-5,8-9H2,1H3,(H,17,19). The van der Waals surface area contributed by atoms with Crippen molar-refractivity contribution in [3.8, 4) is 0 Å². The molecule has 0 atom stereocenters. The molecule has 0 spiro atoms. The second kappa shape index (κ2) is 5.91. The third-order valence-electron chi connectivity index (χ3n) is 4.45. The van der Waals surface area contributed by atoms with Crippen LogP contribution in [0.1, 0.15) is 44.1 Å². The maximum atomic E-state index is 12.5. The van der Waals surface area contributed by atoms with Crippen LogP contribution in [0.25, 0.3) is 0 Å². The Bertz CT molecular complexity index is 644. The van der Waals surface area contributed by atoms with Crippen LogP contribution < -0.4 is 4.72 Å². The zero-order valence-electron chi connectivity index (χ0n) is 12.8. The van der Waals surface area contributed by atoms with Gasteiger partial charge in [-0.15, -0.1) is 0 Å². The Morgan fingerprint density at radius 3 is 2.14 bits per heavy atom. The van der Waals surface area contributed by atoms with Gasteiger partial charge in [0.1, 0.15) is 0 Å². The van der Waals surface area contributed by atoms with E-state index >= 15 is 0 Å². The first-order valence-corrected chi connectivity index (χ1v) is 9.37. The Morgan fingerprint density at radius 2 is 1.59 bits per heavy atom. The van der Waals surface area contributed by atoms with Crippen molar-refractivity contribution in [1.82, 2.24) is 9.62 Å². The molecule has 0 radical (unpaired) electrons. The molecular formula is C16H22N2O3S. The van der Waals surface area contributed by atoms with Crippen LogP contribution in [-0.2, 0) is 10.0 Å². The number of hydrogen-bond acceptors (Lipinski definition) is 3. The molecule has 1 aromatic rings. The largest absolute Gasteiger partial charge is 0.331 e. The number of benzene rings is 1. The summed E-state index contributed by atoms with van der Waals surface area (Å²) in [6.45, 7) is 1.89. The summed E-state index contributed by atoms with van der Waals surface area (Å²) in [5.74, 6) is 0. The molecule has 0 unspecified atom stereocenters. The lowest BCUT2D eigenvalue weighted by molar-refractivity contribution is 0.176. The highest BCUT2D eigenvalue weighted by molar-refractivity contribution is 7.90. The van der Waals surface area contributed by atoms with Gasteiger partial charge in [0.25, 0.3) is 10.0 Å². The van der Waals surface area contributed by atoms with Gasteiger partial charge in [-0.05, 0) is 44.7 Å². The van der Waals surface area contributed by atoms with Gasteiger partial charge in [0.15, 0.2) is 0 Å². The van der Waals surface area contributed by atoms with Crippen LogP contribution in [0.3, 0.4) is 0 Å². The molecule has 1 N–H and O–H groups in total. The maximum Gasteiger partial charge on any atom is 0.331 e. The summed E-state index contributed by atoms with van der Waals surface area (Å²) in [5, 5.41) is 0. The fourth-order valence-electron chi connectivity index (χ4n) is 3.11. The number of nitrogens with one attached hydrogen (secondary N) is 1. The van der Waals surface area contributed by atoms with E-state index in [4.69, 9.17) is 0 Å². The number of amides is 2. The molecule has 22 heavy (non-hydrogen) atoms. The van der Waals surface area contributed by atoms with Crippen molar-refractivity contribution in [1.29, 1.82) is 0 Å². The second-order valence-electron chi connectivity index (χ2n) is 6.30. The van der Waals surface area contributed by atoms with Gasteiger partial charge in [0.2, 0.25) is 0 Å². The van der Waals surface area contributed by atoms with Gasteiger partial charge in [-0.1, -0.05) is 30.5 Å². The number of urea groups is 1. The van der Waals surface area contributed by atoms with Crippen LogP contribution in [-0.4, -0.2) is 31.4 Å². The summed E-state index contributed by atoms with van der Waals surface area (Å²) in [6, 6.07) is 6.47. The monoisotopic (exact) mass is 322 g/mol. The van der Waals surface area contributed by atoms with E-state index in [9.17, 15) is 13.2 Å². The molecule has 0 heterocycles. The number of sulfonamides is 1. The number of carbonyl (C=O) groups excluding carboxylic acids is 1. The molecule has 2 amide bonds. The number of aryl methyl sites for hydroxylation is 1. The number of nitrogens with zero attached hydrogens (tertiary/aromatic N) is 1. The van der Waals surface area contributed by atoms with Crippen LogP contribution in [0.4, 0.5) is 4.79 Å². The summed E-state index contributed by atoms with van der Waals surface area (Å²) in [7, 11) is -3.80. The van der Waals surface area contributed by atoms with Crippen molar-refractivity contribution in [2.45, 2.75) is 62.4 Å². The van der Waals surface area contributed by atoms with Crippen molar-refractivity contribution in [3.05, 3.63) is 29.8 Å². The van der Waals surface area contributed by atoms with Crippen molar-refractivity contribution < 1.29 is 13.2 Å². The van der Waals surface area contributed by atoms with E-state index in [0.29, 0.717) is 0 Å². The quantitative estimate of drug-likeness (QED) is 0.927. The third kappa shape index (κ3) is 3.27. The minimum Gasteiger partial charge on any atom is -0.318 e. The molecule has 120 valence electrons. The minimum absolute atomic E-state index is 0.133. The fraction of sp³-hybridized carbons (Fsp3) is 0.562. The first-order chi connectivity index (χ1) is 10.5. The smallest absolute Gasteiger partial charge is 0.318 e. The predicted molar refractivity (Wildman–Crippen MR) is 84.0 cm³/mol. The van der Waals surface area contributed by atoms with Gasteiger partial charge >= 0.3 is 6.03 Å². The molecule has 0 saturated heterocycles. The molecule has 6 heteroatoms. The summed E-state index contributed by atoms with van der Waals surface area (Å²) >= 11 is 0. The van der Waals surface area contributed by atoms with Crippen LogP contribution in [0.5, 0.6) is 0 Å². The Hall–Kier alpha value is -1.56. The van der Waals surface area contributed by atoms with Crippen LogP contribution in [0, 0.1) is 6.92 Å². The molecule has 3 rings (SSSR count). The van der Waals surface area contributed by atoms with Crippen LogP contribution in [0.2, 0.25) is 0 Å². The number of carbonyl (C=O) groups is 1. The van der Waals surface area contributed by atoms with Crippen molar-refractivity contribution >= 4 is 16.1 Å². The molecule has 2 aliphatic rings. The summed E-state index contributed by atoms with van der Waals surface area (Å²) in [4.78, 5) is 14.4. The first-order valence-electron chi connectivity index (χ1n) is 7.89. The minimum atomic E-state index is -3.80. The zero-order valence-corrected chi connectivity index (χ0v) is 13.6. The van der Waals surface area contributed by atoms with Crippen LogP contribution >= 0.6 is 0 Å². The lowest BCUT2D eigenvalue weighted by atomic mass is 10.2. The van der Waals surface area contributed by atoms with Gasteiger partial charge in [0.05, 0.1) is 4.90 Å². The lowest BCUT2D eigenvalue weighted by Gasteiger charge is -2.29. The highest BCUT2D eigenvalue weighted by atomic mass is 32.2. The van der Waals surface area contributed by atoms with E-state index in [1.165, 1.54) is 12.1 Å². The lowest BCUT2D eigenvalue weighted by Crippen LogP contribution is -2.48. The molecule has 2 aliphatic carbocycles. The van der Waals surface area contributed by atoms with Crippen LogP contribution in [0.15, 0.2) is 29.2 Å². The van der Waals surface area contributed by atoms with Gasteiger partial charge in [0, 0.05) is 12.1 Å². The van der Waals surface area contributed by atoms with E-state index in [1.807, 2.05) is 6.92 Å². The zero-order chi connectivity index (χ0) is 15.7. The first kappa shape index (κ1) is 15.3. The average molecular weight is 322 g/mol. The molecule has 0 bridgehead atoms. The number of rotatable bonds is 4. The van der Waals surface area contributed by atoms with E-state index < -0.39 is 16.1 Å². The van der Waals surface area contributed by atoms with Gasteiger partial charge < -0.3 is 4.90 Å². The van der Waals surface area contributed by atoms with Crippen molar-refractivity contribution in [2.24, 2.45) is 0 Å². The summed E-state index contributed by atoms with van der Waals surface area (Å²) in [5.41, 5.74) is 0.982. The Kier molecular flexibility index (Phi) is 4.12. The van der Waals surface area contributed by atoms with Gasteiger partial charge in [-0.3, -0.25) is 0 Å². The summed E-state index contributed by atoms with van der Waals surface area (Å²) < 4.78 is 27.0. The normalized spacial score (nSPS) is 19.1. The molecule has 0 aliphatic heterocycles. The molecular weight excluding hydrogens is 300 g/mol. The Morgan fingerprint density at radius 1 is 1.05 bits per heavy atom. The molecule has 2 fully saturated rings. The van der Waals surface area contributed by atoms with E-state index in [1.54, 1.807) is 17.0 Å². The van der Waals surface area contributed by atoms with Gasteiger partial charge in [-0.25, -0.2) is 17.9 Å². The highest BCUT2D eigenvalue weighted by Crippen LogP contribution is 2.34. The topological polar surface area (TPSA) is 66.5 Å². The molecule has 0 aromatic heterocycles. The predicted octanol–water partition coefficient (Wildman–Crippen LogP) is 2.80. The molecule has 5 nitrogen and oxygen atoms in total. The fourth-order valence-corrected chi connectivity index (χ4v) is 4.06. The van der Waals surface area contributed by atoms with E-state index in [0.717, 1.165) is 44.1 Å². The van der Waals surface area contributed by atoms with E-state index in [2.05, 4.69) is 4.72 Å². The number of hydrogen-bond donors (Lipinski definition) is 1. The Labute approximate surface area is 131 Å². The SMILES string of the molecule is Cc1ccc(S(=O)(=O)NC(=O)N(C2CCCC2)C2CC2)cc1. The Balaban J connectivity index is 1.75.